The van der Waals surface area contributed by atoms with Crippen molar-refractivity contribution >= 4 is 17.1 Å². The molecule has 17 heavy (non-hydrogen) atoms. The Morgan fingerprint density at radius 2 is 2.29 bits per heavy atom. The standard InChI is InChI=1S/C14H11NOS/c16-14-4-1-7-15-10-11(9-13(14)15)5-6-12-3-2-8-17-12/h2-3,8-10H,1,4,7H2. The molecule has 0 saturated heterocycles. The van der Waals surface area contributed by atoms with E-state index >= 15 is 0 Å². The first-order chi connectivity index (χ1) is 8.33. The Morgan fingerprint density at radius 3 is 3.06 bits per heavy atom. The molecule has 1 aliphatic heterocycles. The van der Waals surface area contributed by atoms with Gasteiger partial charge in [-0.1, -0.05) is 17.9 Å². The van der Waals surface area contributed by atoms with Crippen LogP contribution in [0.15, 0.2) is 29.8 Å². The quantitative estimate of drug-likeness (QED) is 0.650. The van der Waals surface area contributed by atoms with Gasteiger partial charge in [-0.3, -0.25) is 4.79 Å². The Hall–Kier alpha value is -1.79. The van der Waals surface area contributed by atoms with Gasteiger partial charge in [0.05, 0.1) is 10.6 Å². The molecule has 3 rings (SSSR count). The molecule has 0 atom stereocenters. The number of thiophene rings is 1. The SMILES string of the molecule is O=C1CCCn2cc(C#Cc3cccs3)cc21. The number of rotatable bonds is 0. The van der Waals surface area contributed by atoms with Crippen LogP contribution in [0.3, 0.4) is 0 Å². The minimum Gasteiger partial charge on any atom is -0.344 e. The lowest BCUT2D eigenvalue weighted by Crippen LogP contribution is -2.14. The number of carbonyl (C=O) groups excluding carboxylic acids is 1. The highest BCUT2D eigenvalue weighted by atomic mass is 32.1. The molecule has 1 aliphatic rings. The van der Waals surface area contributed by atoms with Crippen LogP contribution in [-0.4, -0.2) is 10.4 Å². The maximum atomic E-state index is 11.7. The van der Waals surface area contributed by atoms with E-state index in [4.69, 9.17) is 0 Å². The number of hydrogen-bond donors (Lipinski definition) is 0. The second kappa shape index (κ2) is 4.23. The molecule has 0 N–H and O–H groups in total. The minimum atomic E-state index is 0.237. The second-order valence-electron chi connectivity index (χ2n) is 4.06. The van der Waals surface area contributed by atoms with Gasteiger partial charge in [-0.15, -0.1) is 11.3 Å². The largest absolute Gasteiger partial charge is 0.344 e. The van der Waals surface area contributed by atoms with E-state index in [-0.39, 0.29) is 5.78 Å². The first kappa shape index (κ1) is 10.4. The molecule has 0 unspecified atom stereocenters. The molecule has 3 heterocycles. The average Bonchev–Trinajstić information content (AvgIpc) is 2.95. The summed E-state index contributed by atoms with van der Waals surface area (Å²) >= 11 is 1.63. The summed E-state index contributed by atoms with van der Waals surface area (Å²) in [5.41, 5.74) is 1.75. The van der Waals surface area contributed by atoms with Crippen molar-refractivity contribution in [3.05, 3.63) is 45.9 Å². The fourth-order valence-electron chi connectivity index (χ4n) is 2.02. The summed E-state index contributed by atoms with van der Waals surface area (Å²) in [6.45, 7) is 0.932. The monoisotopic (exact) mass is 241 g/mol. The molecule has 0 spiro atoms. The molecule has 0 bridgehead atoms. The Bertz CT molecular complexity index is 610. The lowest BCUT2D eigenvalue weighted by molar-refractivity contribution is 0.0955. The summed E-state index contributed by atoms with van der Waals surface area (Å²) in [4.78, 5) is 12.7. The number of hydrogen-bond acceptors (Lipinski definition) is 2. The number of aryl methyl sites for hydroxylation is 1. The van der Waals surface area contributed by atoms with Crippen LogP contribution < -0.4 is 0 Å². The van der Waals surface area contributed by atoms with Crippen LogP contribution in [0.5, 0.6) is 0 Å². The maximum absolute atomic E-state index is 11.7. The van der Waals surface area contributed by atoms with E-state index < -0.39 is 0 Å². The number of nitrogens with zero attached hydrogens (tertiary/aromatic N) is 1. The lowest BCUT2D eigenvalue weighted by atomic mass is 10.1. The van der Waals surface area contributed by atoms with Crippen LogP contribution in [0.1, 0.15) is 33.8 Å². The zero-order valence-electron chi connectivity index (χ0n) is 9.27. The third-order valence-corrected chi connectivity index (χ3v) is 3.62. The zero-order valence-corrected chi connectivity index (χ0v) is 10.1. The van der Waals surface area contributed by atoms with Crippen LogP contribution in [0.25, 0.3) is 0 Å². The van der Waals surface area contributed by atoms with Gasteiger partial charge in [0.2, 0.25) is 0 Å². The predicted octanol–water partition coefficient (Wildman–Crippen LogP) is 2.93. The fraction of sp³-hybridized carbons (Fsp3) is 0.214. The van der Waals surface area contributed by atoms with E-state index in [2.05, 4.69) is 11.8 Å². The third-order valence-electron chi connectivity index (χ3n) is 2.84. The molecule has 0 fully saturated rings. The Kier molecular flexibility index (Phi) is 2.58. The van der Waals surface area contributed by atoms with Gasteiger partial charge in [0.25, 0.3) is 0 Å². The summed E-state index contributed by atoms with van der Waals surface area (Å²) in [5.74, 6) is 6.46. The van der Waals surface area contributed by atoms with Crippen molar-refractivity contribution in [2.45, 2.75) is 19.4 Å². The topological polar surface area (TPSA) is 22.0 Å². The van der Waals surface area contributed by atoms with Gasteiger partial charge in [-0.05, 0) is 23.9 Å². The minimum absolute atomic E-state index is 0.237. The van der Waals surface area contributed by atoms with Crippen molar-refractivity contribution in [3.63, 3.8) is 0 Å². The lowest BCUT2D eigenvalue weighted by Gasteiger charge is -2.12. The Labute approximate surface area is 104 Å². The molecule has 0 aromatic carbocycles. The highest BCUT2D eigenvalue weighted by Gasteiger charge is 2.17. The van der Waals surface area contributed by atoms with E-state index in [1.165, 1.54) is 0 Å². The summed E-state index contributed by atoms with van der Waals surface area (Å²) in [6.07, 6.45) is 3.59. The fourth-order valence-corrected chi connectivity index (χ4v) is 2.59. The molecule has 0 radical (unpaired) electrons. The normalized spacial score (nSPS) is 14.0. The van der Waals surface area contributed by atoms with Crippen molar-refractivity contribution < 1.29 is 4.79 Å². The van der Waals surface area contributed by atoms with Gasteiger partial charge in [0.15, 0.2) is 5.78 Å². The molecule has 2 aromatic heterocycles. The molecule has 3 heteroatoms. The van der Waals surface area contributed by atoms with Crippen molar-refractivity contribution in [1.29, 1.82) is 0 Å². The summed E-state index contributed by atoms with van der Waals surface area (Å²) in [6, 6.07) is 5.89. The highest BCUT2D eigenvalue weighted by molar-refractivity contribution is 7.10. The number of fused-ring (bicyclic) bond motifs is 1. The van der Waals surface area contributed by atoms with Crippen molar-refractivity contribution in [2.24, 2.45) is 0 Å². The summed E-state index contributed by atoms with van der Waals surface area (Å²) in [7, 11) is 0. The molecular formula is C14H11NOS. The van der Waals surface area contributed by atoms with E-state index in [0.29, 0.717) is 6.42 Å². The Morgan fingerprint density at radius 1 is 1.35 bits per heavy atom. The van der Waals surface area contributed by atoms with Crippen LogP contribution in [0.2, 0.25) is 0 Å². The average molecular weight is 241 g/mol. The summed E-state index contributed by atoms with van der Waals surface area (Å²) in [5, 5.41) is 2.01. The highest BCUT2D eigenvalue weighted by Crippen LogP contribution is 2.17. The molecule has 0 aliphatic carbocycles. The van der Waals surface area contributed by atoms with Gasteiger partial charge in [0.1, 0.15) is 0 Å². The molecule has 84 valence electrons. The van der Waals surface area contributed by atoms with Gasteiger partial charge in [-0.2, -0.15) is 0 Å². The first-order valence-corrected chi connectivity index (χ1v) is 6.50. The van der Waals surface area contributed by atoms with E-state index in [1.807, 2.05) is 34.3 Å². The summed E-state index contributed by atoms with van der Waals surface area (Å²) < 4.78 is 2.02. The van der Waals surface area contributed by atoms with Crippen LogP contribution in [-0.2, 0) is 6.54 Å². The van der Waals surface area contributed by atoms with Crippen LogP contribution >= 0.6 is 11.3 Å². The van der Waals surface area contributed by atoms with Gasteiger partial charge >= 0.3 is 0 Å². The molecule has 2 nitrogen and oxygen atoms in total. The second-order valence-corrected chi connectivity index (χ2v) is 5.01. The first-order valence-electron chi connectivity index (χ1n) is 5.62. The van der Waals surface area contributed by atoms with Crippen molar-refractivity contribution in [3.8, 4) is 11.8 Å². The van der Waals surface area contributed by atoms with Crippen molar-refractivity contribution in [2.75, 3.05) is 0 Å². The number of aromatic nitrogens is 1. The zero-order chi connectivity index (χ0) is 11.7. The number of ketones is 1. The van der Waals surface area contributed by atoms with E-state index in [1.54, 1.807) is 11.3 Å². The number of Topliss-reactive ketones (excluding diaryl/α,β-unsaturated/α-hetero) is 1. The van der Waals surface area contributed by atoms with Crippen LogP contribution in [0, 0.1) is 11.8 Å². The molecular weight excluding hydrogens is 230 g/mol. The molecule has 2 aromatic rings. The van der Waals surface area contributed by atoms with Gasteiger partial charge < -0.3 is 4.57 Å². The van der Waals surface area contributed by atoms with Crippen LogP contribution in [0.4, 0.5) is 0 Å². The predicted molar refractivity (Wildman–Crippen MR) is 68.3 cm³/mol. The number of carbonyl (C=O) groups is 1. The third kappa shape index (κ3) is 2.04. The van der Waals surface area contributed by atoms with Gasteiger partial charge in [-0.25, -0.2) is 0 Å². The molecule has 0 amide bonds. The van der Waals surface area contributed by atoms with E-state index in [9.17, 15) is 4.79 Å². The maximum Gasteiger partial charge on any atom is 0.179 e. The Balaban J connectivity index is 1.92. The van der Waals surface area contributed by atoms with Crippen molar-refractivity contribution in [1.82, 2.24) is 4.57 Å². The smallest absolute Gasteiger partial charge is 0.179 e. The van der Waals surface area contributed by atoms with Gasteiger partial charge in [0, 0.05) is 24.7 Å². The van der Waals surface area contributed by atoms with E-state index in [0.717, 1.165) is 29.1 Å². The molecule has 0 saturated carbocycles.